The number of carboxylic acids is 1. The van der Waals surface area contributed by atoms with Gasteiger partial charge < -0.3 is 10.2 Å². The first-order chi connectivity index (χ1) is 4.61. The quantitative estimate of drug-likeness (QED) is 0.597. The average molecular weight is 144 g/mol. The van der Waals surface area contributed by atoms with Crippen LogP contribution in [0.4, 0.5) is 0 Å². The molecule has 0 saturated heterocycles. The molecule has 1 aliphatic rings. The zero-order valence-corrected chi connectivity index (χ0v) is 6.00. The van der Waals surface area contributed by atoms with Crippen molar-refractivity contribution in [3.8, 4) is 0 Å². The molecule has 0 amide bonds. The number of rotatable bonds is 2. The predicted octanol–water partition coefficient (Wildman–Crippen LogP) is 0.622. The highest BCUT2D eigenvalue weighted by Crippen LogP contribution is 2.40. The van der Waals surface area contributed by atoms with Gasteiger partial charge in [-0.25, -0.2) is 4.79 Å². The SMILES string of the molecule is CCC1CCC1(O)C(=O)O. The first kappa shape index (κ1) is 7.54. The lowest BCUT2D eigenvalue weighted by Crippen LogP contribution is -2.53. The topological polar surface area (TPSA) is 57.5 Å². The lowest BCUT2D eigenvalue weighted by Gasteiger charge is -2.41. The molecule has 0 aromatic carbocycles. The van der Waals surface area contributed by atoms with Gasteiger partial charge in [-0.3, -0.25) is 0 Å². The van der Waals surface area contributed by atoms with Crippen molar-refractivity contribution >= 4 is 5.97 Å². The minimum atomic E-state index is -1.39. The molecule has 0 aliphatic heterocycles. The zero-order chi connectivity index (χ0) is 7.78. The maximum atomic E-state index is 10.4. The van der Waals surface area contributed by atoms with Gasteiger partial charge in [-0.05, 0) is 25.2 Å². The smallest absolute Gasteiger partial charge is 0.335 e. The van der Waals surface area contributed by atoms with Gasteiger partial charge in [0.05, 0.1) is 0 Å². The molecular formula is C7H12O3. The lowest BCUT2D eigenvalue weighted by molar-refractivity contribution is -0.179. The molecule has 0 aromatic heterocycles. The van der Waals surface area contributed by atoms with E-state index in [0.717, 1.165) is 12.8 Å². The van der Waals surface area contributed by atoms with Gasteiger partial charge in [0.2, 0.25) is 0 Å². The fourth-order valence-corrected chi connectivity index (χ4v) is 1.45. The van der Waals surface area contributed by atoms with Crippen LogP contribution in [0.3, 0.4) is 0 Å². The zero-order valence-electron chi connectivity index (χ0n) is 6.00. The lowest BCUT2D eigenvalue weighted by atomic mass is 9.68. The van der Waals surface area contributed by atoms with Crippen LogP contribution < -0.4 is 0 Å². The predicted molar refractivity (Wildman–Crippen MR) is 35.6 cm³/mol. The second-order valence-electron chi connectivity index (χ2n) is 2.87. The van der Waals surface area contributed by atoms with Crippen LogP contribution in [0.5, 0.6) is 0 Å². The van der Waals surface area contributed by atoms with Gasteiger partial charge >= 0.3 is 5.97 Å². The molecule has 1 aliphatic carbocycles. The molecule has 2 N–H and O–H groups in total. The number of aliphatic carboxylic acids is 1. The molecule has 1 saturated carbocycles. The summed E-state index contributed by atoms with van der Waals surface area (Å²) in [6.45, 7) is 1.90. The van der Waals surface area contributed by atoms with Gasteiger partial charge in [0.1, 0.15) is 0 Å². The third-order valence-corrected chi connectivity index (χ3v) is 2.41. The van der Waals surface area contributed by atoms with Crippen molar-refractivity contribution in [3.63, 3.8) is 0 Å². The molecule has 3 heteroatoms. The summed E-state index contributed by atoms with van der Waals surface area (Å²) in [4.78, 5) is 10.4. The van der Waals surface area contributed by atoms with E-state index in [1.165, 1.54) is 0 Å². The highest BCUT2D eigenvalue weighted by atomic mass is 16.4. The number of aliphatic hydroxyl groups is 1. The molecule has 1 rings (SSSR count). The summed E-state index contributed by atoms with van der Waals surface area (Å²) < 4.78 is 0. The molecule has 3 nitrogen and oxygen atoms in total. The van der Waals surface area contributed by atoms with Crippen LogP contribution in [-0.4, -0.2) is 21.8 Å². The van der Waals surface area contributed by atoms with Gasteiger partial charge in [-0.1, -0.05) is 6.92 Å². The van der Waals surface area contributed by atoms with E-state index in [0.29, 0.717) is 6.42 Å². The standard InChI is InChI=1S/C7H12O3/c1-2-5-3-4-7(5,10)6(8)9/h5,10H,2-4H2,1H3,(H,8,9). The molecule has 0 spiro atoms. The van der Waals surface area contributed by atoms with E-state index < -0.39 is 11.6 Å². The third kappa shape index (κ3) is 0.814. The number of hydrogen-bond acceptors (Lipinski definition) is 2. The molecule has 2 unspecified atom stereocenters. The van der Waals surface area contributed by atoms with E-state index in [2.05, 4.69) is 0 Å². The van der Waals surface area contributed by atoms with E-state index in [4.69, 9.17) is 5.11 Å². The van der Waals surface area contributed by atoms with E-state index in [1.807, 2.05) is 6.92 Å². The Hall–Kier alpha value is -0.570. The van der Waals surface area contributed by atoms with E-state index in [1.54, 1.807) is 0 Å². The molecule has 2 atom stereocenters. The summed E-state index contributed by atoms with van der Waals surface area (Å²) in [5.41, 5.74) is -1.39. The first-order valence-electron chi connectivity index (χ1n) is 3.57. The average Bonchev–Trinajstić information content (AvgIpc) is 1.85. The Morgan fingerprint density at radius 3 is 2.50 bits per heavy atom. The van der Waals surface area contributed by atoms with Crippen molar-refractivity contribution in [2.24, 2.45) is 5.92 Å². The molecule has 58 valence electrons. The molecule has 1 fully saturated rings. The van der Waals surface area contributed by atoms with E-state index in [9.17, 15) is 9.90 Å². The summed E-state index contributed by atoms with van der Waals surface area (Å²) in [5.74, 6) is -1.09. The van der Waals surface area contributed by atoms with Crippen LogP contribution in [0.1, 0.15) is 26.2 Å². The van der Waals surface area contributed by atoms with Crippen molar-refractivity contribution in [1.29, 1.82) is 0 Å². The van der Waals surface area contributed by atoms with Gasteiger partial charge in [-0.2, -0.15) is 0 Å². The molecule has 0 heterocycles. The van der Waals surface area contributed by atoms with Crippen LogP contribution >= 0.6 is 0 Å². The van der Waals surface area contributed by atoms with Crippen molar-refractivity contribution in [1.82, 2.24) is 0 Å². The maximum Gasteiger partial charge on any atom is 0.335 e. The molecule has 0 radical (unpaired) electrons. The summed E-state index contributed by atoms with van der Waals surface area (Å²) >= 11 is 0. The van der Waals surface area contributed by atoms with Gasteiger partial charge in [0.25, 0.3) is 0 Å². The van der Waals surface area contributed by atoms with Crippen LogP contribution in [0.25, 0.3) is 0 Å². The van der Waals surface area contributed by atoms with Gasteiger partial charge in [0.15, 0.2) is 5.60 Å². The molecular weight excluding hydrogens is 132 g/mol. The molecule has 10 heavy (non-hydrogen) atoms. The van der Waals surface area contributed by atoms with E-state index >= 15 is 0 Å². The van der Waals surface area contributed by atoms with Crippen molar-refractivity contribution in [2.45, 2.75) is 31.8 Å². The van der Waals surface area contributed by atoms with Crippen molar-refractivity contribution < 1.29 is 15.0 Å². The second kappa shape index (κ2) is 2.23. The number of carbonyl (C=O) groups is 1. The normalized spacial score (nSPS) is 38.8. The summed E-state index contributed by atoms with van der Waals surface area (Å²) in [7, 11) is 0. The summed E-state index contributed by atoms with van der Waals surface area (Å²) in [5, 5.41) is 17.9. The van der Waals surface area contributed by atoms with Crippen LogP contribution in [-0.2, 0) is 4.79 Å². The Morgan fingerprint density at radius 1 is 1.80 bits per heavy atom. The highest BCUT2D eigenvalue weighted by molar-refractivity contribution is 5.78. The fourth-order valence-electron chi connectivity index (χ4n) is 1.45. The maximum absolute atomic E-state index is 10.4. The van der Waals surface area contributed by atoms with Crippen LogP contribution in [0, 0.1) is 5.92 Å². The van der Waals surface area contributed by atoms with Crippen LogP contribution in [0.2, 0.25) is 0 Å². The number of hydrogen-bond donors (Lipinski definition) is 2. The van der Waals surface area contributed by atoms with Gasteiger partial charge in [-0.15, -0.1) is 0 Å². The van der Waals surface area contributed by atoms with Crippen molar-refractivity contribution in [2.75, 3.05) is 0 Å². The second-order valence-corrected chi connectivity index (χ2v) is 2.87. The Bertz CT molecular complexity index is 153. The number of carboxylic acid groups (broad SMARTS) is 1. The summed E-state index contributed by atoms with van der Waals surface area (Å²) in [6, 6.07) is 0. The Morgan fingerprint density at radius 2 is 2.40 bits per heavy atom. The van der Waals surface area contributed by atoms with Crippen LogP contribution in [0.15, 0.2) is 0 Å². The Kier molecular flexibility index (Phi) is 1.68. The van der Waals surface area contributed by atoms with Crippen molar-refractivity contribution in [3.05, 3.63) is 0 Å². The van der Waals surface area contributed by atoms with E-state index in [-0.39, 0.29) is 5.92 Å². The third-order valence-electron chi connectivity index (χ3n) is 2.41. The largest absolute Gasteiger partial charge is 0.479 e. The fraction of sp³-hybridized carbons (Fsp3) is 0.857. The summed E-state index contributed by atoms with van der Waals surface area (Å²) in [6.07, 6.45) is 2.02. The van der Waals surface area contributed by atoms with Gasteiger partial charge in [0, 0.05) is 0 Å². The monoisotopic (exact) mass is 144 g/mol. The highest BCUT2D eigenvalue weighted by Gasteiger charge is 2.50. The molecule has 0 bridgehead atoms. The first-order valence-corrected chi connectivity index (χ1v) is 3.57. The molecule has 0 aromatic rings. The Labute approximate surface area is 59.7 Å². The Balaban J connectivity index is 2.61. The minimum absolute atomic E-state index is 0.0231. The minimum Gasteiger partial charge on any atom is -0.479 e.